The van der Waals surface area contributed by atoms with Crippen molar-refractivity contribution in [1.29, 1.82) is 5.26 Å². The van der Waals surface area contributed by atoms with Crippen LogP contribution in [-0.2, 0) is 20.8 Å². The molecule has 1 aromatic heterocycles. The fraction of sp³-hybridized carbons (Fsp3) is 0.318. The van der Waals surface area contributed by atoms with Gasteiger partial charge >= 0.3 is 5.97 Å². The molecule has 0 aliphatic carbocycles. The Morgan fingerprint density at radius 3 is 2.57 bits per heavy atom. The summed E-state index contributed by atoms with van der Waals surface area (Å²) in [6.07, 6.45) is 1.42. The molecule has 7 nitrogen and oxygen atoms in total. The van der Waals surface area contributed by atoms with Crippen molar-refractivity contribution in [1.82, 2.24) is 4.57 Å². The molecule has 0 bridgehead atoms. The predicted octanol–water partition coefficient (Wildman–Crippen LogP) is 3.23. The van der Waals surface area contributed by atoms with E-state index < -0.39 is 24.2 Å². The van der Waals surface area contributed by atoms with Crippen LogP contribution >= 0.6 is 0 Å². The number of Topliss-reactive ketones (excluding diaryl/α,β-unsaturated/α-hetero) is 1. The lowest BCUT2D eigenvalue weighted by molar-refractivity contribution is -0.137. The van der Waals surface area contributed by atoms with E-state index in [2.05, 4.69) is 0 Å². The lowest BCUT2D eigenvalue weighted by Crippen LogP contribution is -2.15. The van der Waals surface area contributed by atoms with Crippen LogP contribution in [0.3, 0.4) is 0 Å². The summed E-state index contributed by atoms with van der Waals surface area (Å²) in [6, 6.07) is 7.33. The van der Waals surface area contributed by atoms with Gasteiger partial charge in [0.1, 0.15) is 11.6 Å². The van der Waals surface area contributed by atoms with E-state index >= 15 is 0 Å². The molecule has 30 heavy (non-hydrogen) atoms. The van der Waals surface area contributed by atoms with Crippen molar-refractivity contribution in [3.05, 3.63) is 58.2 Å². The van der Waals surface area contributed by atoms with Crippen molar-refractivity contribution in [2.75, 3.05) is 27.4 Å². The van der Waals surface area contributed by atoms with E-state index in [4.69, 9.17) is 14.2 Å². The first-order valence-electron chi connectivity index (χ1n) is 9.13. The number of aryl methyl sites for hydroxylation is 1. The number of carbonyl (C=O) groups excluding carboxylic acids is 2. The Morgan fingerprint density at radius 2 is 1.97 bits per heavy atom. The molecule has 0 saturated heterocycles. The molecule has 1 aromatic carbocycles. The Kier molecular flexibility index (Phi) is 7.90. The van der Waals surface area contributed by atoms with Gasteiger partial charge in [-0.2, -0.15) is 5.26 Å². The molecule has 0 aliphatic rings. The van der Waals surface area contributed by atoms with Crippen LogP contribution in [0.15, 0.2) is 29.8 Å². The molecule has 0 amide bonds. The fourth-order valence-electron chi connectivity index (χ4n) is 2.92. The summed E-state index contributed by atoms with van der Waals surface area (Å²) in [5.41, 5.74) is 2.31. The number of methoxy groups -OCH3 is 2. The Hall–Kier alpha value is -3.44. The molecule has 158 valence electrons. The molecule has 0 atom stereocenters. The summed E-state index contributed by atoms with van der Waals surface area (Å²) in [5.74, 6) is -2.22. The van der Waals surface area contributed by atoms with E-state index in [1.807, 2.05) is 24.5 Å². The number of hydrogen-bond donors (Lipinski definition) is 0. The number of ether oxygens (including phenoxy) is 3. The van der Waals surface area contributed by atoms with E-state index in [9.17, 15) is 19.2 Å². The molecule has 8 heteroatoms. The van der Waals surface area contributed by atoms with Gasteiger partial charge in [0.05, 0.1) is 13.7 Å². The highest BCUT2D eigenvalue weighted by atomic mass is 19.1. The number of rotatable bonds is 9. The quantitative estimate of drug-likeness (QED) is 0.271. The second-order valence-corrected chi connectivity index (χ2v) is 6.49. The van der Waals surface area contributed by atoms with E-state index in [1.54, 1.807) is 13.2 Å². The van der Waals surface area contributed by atoms with Gasteiger partial charge in [0.25, 0.3) is 0 Å². The Labute approximate surface area is 174 Å². The topological polar surface area (TPSA) is 90.5 Å². The average Bonchev–Trinajstić information content (AvgIpc) is 3.00. The van der Waals surface area contributed by atoms with E-state index in [0.717, 1.165) is 17.5 Å². The Morgan fingerprint density at radius 1 is 1.23 bits per heavy atom. The summed E-state index contributed by atoms with van der Waals surface area (Å²) < 4.78 is 30.6. The number of halogens is 1. The highest BCUT2D eigenvalue weighted by Crippen LogP contribution is 2.20. The third kappa shape index (κ3) is 5.33. The van der Waals surface area contributed by atoms with Crippen molar-refractivity contribution >= 4 is 17.8 Å². The molecule has 0 fully saturated rings. The fourth-order valence-corrected chi connectivity index (χ4v) is 2.92. The normalized spacial score (nSPS) is 11.1. The number of nitrogens with zero attached hydrogens (tertiary/aromatic N) is 2. The van der Waals surface area contributed by atoms with Crippen molar-refractivity contribution < 1.29 is 28.2 Å². The largest absolute Gasteiger partial charge is 0.494 e. The maximum absolute atomic E-state index is 13.7. The average molecular weight is 414 g/mol. The first-order chi connectivity index (χ1) is 14.3. The Balaban J connectivity index is 2.11. The zero-order valence-electron chi connectivity index (χ0n) is 17.3. The van der Waals surface area contributed by atoms with Crippen LogP contribution in [0.5, 0.6) is 5.75 Å². The van der Waals surface area contributed by atoms with Crippen LogP contribution in [0.4, 0.5) is 4.39 Å². The van der Waals surface area contributed by atoms with Gasteiger partial charge < -0.3 is 18.8 Å². The van der Waals surface area contributed by atoms with Crippen LogP contribution in [0.1, 0.15) is 27.3 Å². The number of ketones is 1. The standard InChI is InChI=1S/C22H23FN2O5/c1-14-9-17(15(2)25(14)7-8-28-3)10-18(12-24)22(27)30-13-20(26)16-5-6-21(29-4)19(23)11-16/h5-6,9-11H,7-8,13H2,1-4H3/b18-10+. The van der Waals surface area contributed by atoms with Crippen LogP contribution in [-0.4, -0.2) is 43.8 Å². The van der Waals surface area contributed by atoms with Gasteiger partial charge in [0, 0.05) is 30.6 Å². The highest BCUT2D eigenvalue weighted by Gasteiger charge is 2.17. The first-order valence-corrected chi connectivity index (χ1v) is 9.13. The lowest BCUT2D eigenvalue weighted by atomic mass is 10.1. The van der Waals surface area contributed by atoms with Crippen LogP contribution in [0, 0.1) is 31.0 Å². The summed E-state index contributed by atoms with van der Waals surface area (Å²) in [7, 11) is 2.92. The molecule has 0 spiro atoms. The number of aromatic nitrogens is 1. The number of hydrogen-bond acceptors (Lipinski definition) is 6. The lowest BCUT2D eigenvalue weighted by Gasteiger charge is -2.08. The van der Waals surface area contributed by atoms with Gasteiger partial charge in [0.2, 0.25) is 0 Å². The van der Waals surface area contributed by atoms with E-state index in [-0.39, 0.29) is 16.9 Å². The van der Waals surface area contributed by atoms with Crippen LogP contribution in [0.2, 0.25) is 0 Å². The zero-order chi connectivity index (χ0) is 22.3. The van der Waals surface area contributed by atoms with Gasteiger partial charge in [-0.05, 0) is 49.8 Å². The van der Waals surface area contributed by atoms with Crippen LogP contribution in [0.25, 0.3) is 6.08 Å². The summed E-state index contributed by atoms with van der Waals surface area (Å²) in [5, 5.41) is 9.35. The van der Waals surface area contributed by atoms with Gasteiger partial charge in [-0.15, -0.1) is 0 Å². The molecule has 0 aliphatic heterocycles. The molecule has 2 rings (SSSR count). The van der Waals surface area contributed by atoms with Gasteiger partial charge in [-0.1, -0.05) is 0 Å². The minimum atomic E-state index is -0.929. The maximum atomic E-state index is 13.7. The molecule has 0 N–H and O–H groups in total. The van der Waals surface area contributed by atoms with Gasteiger partial charge in [-0.25, -0.2) is 9.18 Å². The van der Waals surface area contributed by atoms with Gasteiger partial charge in [0.15, 0.2) is 24.0 Å². The smallest absolute Gasteiger partial charge is 0.349 e. The monoisotopic (exact) mass is 414 g/mol. The van der Waals surface area contributed by atoms with E-state index in [1.165, 1.54) is 25.3 Å². The minimum absolute atomic E-state index is 0.00124. The van der Waals surface area contributed by atoms with Crippen molar-refractivity contribution in [2.24, 2.45) is 0 Å². The molecule has 0 saturated carbocycles. The summed E-state index contributed by atoms with van der Waals surface area (Å²) in [4.78, 5) is 24.4. The highest BCUT2D eigenvalue weighted by molar-refractivity contribution is 6.02. The number of esters is 1. The SMILES string of the molecule is COCCn1c(C)cc(/C=C(\C#N)C(=O)OCC(=O)c2ccc(OC)c(F)c2)c1C. The third-order valence-corrected chi connectivity index (χ3v) is 4.58. The first kappa shape index (κ1) is 22.8. The summed E-state index contributed by atoms with van der Waals surface area (Å²) >= 11 is 0. The van der Waals surface area contributed by atoms with Crippen molar-refractivity contribution in [3.8, 4) is 11.8 Å². The summed E-state index contributed by atoms with van der Waals surface area (Å²) in [6.45, 7) is 4.34. The van der Waals surface area contributed by atoms with Crippen molar-refractivity contribution in [2.45, 2.75) is 20.4 Å². The van der Waals surface area contributed by atoms with Crippen LogP contribution < -0.4 is 4.74 Å². The predicted molar refractivity (Wildman–Crippen MR) is 108 cm³/mol. The van der Waals surface area contributed by atoms with E-state index in [0.29, 0.717) is 18.7 Å². The molecular weight excluding hydrogens is 391 g/mol. The second-order valence-electron chi connectivity index (χ2n) is 6.49. The number of benzene rings is 1. The minimum Gasteiger partial charge on any atom is -0.494 e. The maximum Gasteiger partial charge on any atom is 0.349 e. The molecular formula is C22H23FN2O5. The number of nitriles is 1. The second kappa shape index (κ2) is 10.4. The molecule has 1 heterocycles. The third-order valence-electron chi connectivity index (χ3n) is 4.58. The Bertz CT molecular complexity index is 1020. The molecule has 0 unspecified atom stereocenters. The zero-order valence-corrected chi connectivity index (χ0v) is 17.3. The number of carbonyl (C=O) groups is 2. The molecule has 2 aromatic rings. The van der Waals surface area contributed by atoms with Crippen molar-refractivity contribution in [3.63, 3.8) is 0 Å². The molecule has 0 radical (unpaired) electrons. The van der Waals surface area contributed by atoms with Gasteiger partial charge in [-0.3, -0.25) is 4.79 Å².